The minimum atomic E-state index is -0.889. The molecule has 0 spiro atoms. The van der Waals surface area contributed by atoms with E-state index in [2.05, 4.69) is 5.10 Å². The van der Waals surface area contributed by atoms with Gasteiger partial charge in [-0.05, 0) is 25.5 Å². The second-order valence-electron chi connectivity index (χ2n) is 3.73. The molecule has 2 aromatic rings. The van der Waals surface area contributed by atoms with Gasteiger partial charge >= 0.3 is 5.97 Å². The van der Waals surface area contributed by atoms with Crippen molar-refractivity contribution in [3.63, 3.8) is 0 Å². The third kappa shape index (κ3) is 2.35. The van der Waals surface area contributed by atoms with Crippen LogP contribution in [-0.2, 0) is 6.54 Å². The van der Waals surface area contributed by atoms with Crippen LogP contribution in [0.3, 0.4) is 0 Å². The summed E-state index contributed by atoms with van der Waals surface area (Å²) >= 11 is 7.20. The van der Waals surface area contributed by atoms with E-state index in [4.69, 9.17) is 16.7 Å². The van der Waals surface area contributed by atoms with Crippen LogP contribution in [0.1, 0.15) is 25.8 Å². The van der Waals surface area contributed by atoms with E-state index in [-0.39, 0.29) is 0 Å². The molecule has 0 aromatic carbocycles. The Hall–Kier alpha value is -1.33. The molecule has 0 amide bonds. The molecule has 90 valence electrons. The topological polar surface area (TPSA) is 55.1 Å². The minimum absolute atomic E-state index is 0.355. The monoisotopic (exact) mass is 270 g/mol. The third-order valence-corrected chi connectivity index (χ3v) is 4.05. The summed E-state index contributed by atoms with van der Waals surface area (Å²) in [5.74, 6) is -0.889. The first kappa shape index (κ1) is 12.1. The predicted octanol–water partition coefficient (Wildman–Crippen LogP) is 2.96. The Balaban J connectivity index is 2.30. The molecular formula is C11H11ClN2O2S. The first-order valence-corrected chi connectivity index (χ1v) is 6.19. The van der Waals surface area contributed by atoms with Gasteiger partial charge in [-0.25, -0.2) is 4.79 Å². The lowest BCUT2D eigenvalue weighted by molar-refractivity contribution is 0.0702. The van der Waals surface area contributed by atoms with Crippen molar-refractivity contribution in [1.29, 1.82) is 0 Å². The highest BCUT2D eigenvalue weighted by Crippen LogP contribution is 2.23. The van der Waals surface area contributed by atoms with Crippen molar-refractivity contribution >= 4 is 28.9 Å². The number of aromatic carboxylic acids is 1. The number of carbonyl (C=O) groups is 1. The van der Waals surface area contributed by atoms with Gasteiger partial charge in [-0.15, -0.1) is 11.3 Å². The van der Waals surface area contributed by atoms with E-state index in [1.54, 1.807) is 16.9 Å². The zero-order chi connectivity index (χ0) is 12.6. The molecule has 0 saturated heterocycles. The molecule has 0 saturated carbocycles. The number of nitrogens with zero attached hydrogens (tertiary/aromatic N) is 2. The molecule has 1 N–H and O–H groups in total. The molecule has 0 aliphatic carbocycles. The van der Waals surface area contributed by atoms with Gasteiger partial charge in [0, 0.05) is 4.88 Å². The van der Waals surface area contributed by atoms with E-state index in [0.29, 0.717) is 16.4 Å². The molecule has 2 heterocycles. The fourth-order valence-electron chi connectivity index (χ4n) is 1.53. The van der Waals surface area contributed by atoms with Gasteiger partial charge in [0.15, 0.2) is 0 Å². The third-order valence-electron chi connectivity index (χ3n) is 2.59. The van der Waals surface area contributed by atoms with Gasteiger partial charge in [0.05, 0.1) is 23.5 Å². The molecule has 2 aromatic heterocycles. The van der Waals surface area contributed by atoms with Crippen LogP contribution in [0.25, 0.3) is 0 Å². The summed E-state index contributed by atoms with van der Waals surface area (Å²) < 4.78 is 1.77. The molecule has 0 atom stereocenters. The van der Waals surface area contributed by atoms with Crippen molar-refractivity contribution in [2.45, 2.75) is 20.4 Å². The van der Waals surface area contributed by atoms with Crippen molar-refractivity contribution < 1.29 is 9.90 Å². The van der Waals surface area contributed by atoms with Crippen molar-refractivity contribution in [2.75, 3.05) is 0 Å². The number of carboxylic acids is 1. The van der Waals surface area contributed by atoms with Crippen LogP contribution in [0.2, 0.25) is 5.02 Å². The number of aromatic nitrogens is 2. The minimum Gasteiger partial charge on any atom is -0.477 e. The number of aryl methyl sites for hydroxylation is 1. The molecule has 2 rings (SSSR count). The number of halogens is 1. The molecule has 17 heavy (non-hydrogen) atoms. The van der Waals surface area contributed by atoms with Crippen molar-refractivity contribution in [3.05, 3.63) is 38.3 Å². The van der Waals surface area contributed by atoms with E-state index in [1.165, 1.54) is 11.3 Å². The average Bonchev–Trinajstić information content (AvgIpc) is 2.77. The van der Waals surface area contributed by atoms with Crippen LogP contribution in [0.4, 0.5) is 0 Å². The maximum absolute atomic E-state index is 10.9. The molecule has 0 aliphatic rings. The number of rotatable bonds is 3. The van der Waals surface area contributed by atoms with Crippen LogP contribution in [0.15, 0.2) is 12.3 Å². The van der Waals surface area contributed by atoms with Gasteiger partial charge in [-0.1, -0.05) is 11.6 Å². The lowest BCUT2D eigenvalue weighted by atomic mass is 10.2. The van der Waals surface area contributed by atoms with Crippen molar-refractivity contribution in [1.82, 2.24) is 9.78 Å². The van der Waals surface area contributed by atoms with Crippen LogP contribution < -0.4 is 0 Å². The quantitative estimate of drug-likeness (QED) is 0.933. The maximum Gasteiger partial charge on any atom is 0.345 e. The first-order valence-electron chi connectivity index (χ1n) is 4.99. The zero-order valence-electron chi connectivity index (χ0n) is 9.40. The van der Waals surface area contributed by atoms with E-state index in [1.807, 2.05) is 13.8 Å². The second kappa shape index (κ2) is 4.50. The standard InChI is InChI=1S/C11H11ClN2O2S/c1-6-9(12)4-13-14(6)5-8-3-10(11(15)16)17-7(8)2/h3-4H,5H2,1-2H3,(H,15,16). The second-order valence-corrected chi connectivity index (χ2v) is 5.40. The summed E-state index contributed by atoms with van der Waals surface area (Å²) in [7, 11) is 0. The molecule has 0 unspecified atom stereocenters. The van der Waals surface area contributed by atoms with Gasteiger partial charge in [-0.2, -0.15) is 5.10 Å². The smallest absolute Gasteiger partial charge is 0.345 e. The highest BCUT2D eigenvalue weighted by atomic mass is 35.5. The molecule has 0 aliphatic heterocycles. The van der Waals surface area contributed by atoms with E-state index < -0.39 is 5.97 Å². The van der Waals surface area contributed by atoms with Gasteiger partial charge in [0.1, 0.15) is 4.88 Å². The largest absolute Gasteiger partial charge is 0.477 e. The Labute approximate surface area is 107 Å². The summed E-state index contributed by atoms with van der Waals surface area (Å²) in [5, 5.41) is 13.7. The molecule has 0 bridgehead atoms. The summed E-state index contributed by atoms with van der Waals surface area (Å²) in [6, 6.07) is 1.69. The van der Waals surface area contributed by atoms with E-state index >= 15 is 0 Å². The van der Waals surface area contributed by atoms with Crippen LogP contribution in [0, 0.1) is 13.8 Å². The predicted molar refractivity (Wildman–Crippen MR) is 67.1 cm³/mol. The Morgan fingerprint density at radius 3 is 2.76 bits per heavy atom. The SMILES string of the molecule is Cc1sc(C(=O)O)cc1Cn1ncc(Cl)c1C. The number of hydrogen-bond acceptors (Lipinski definition) is 3. The van der Waals surface area contributed by atoms with Crippen LogP contribution in [-0.4, -0.2) is 20.9 Å². The highest BCUT2D eigenvalue weighted by molar-refractivity contribution is 7.14. The van der Waals surface area contributed by atoms with E-state index in [9.17, 15) is 4.79 Å². The molecule has 0 radical (unpaired) electrons. The lowest BCUT2D eigenvalue weighted by Gasteiger charge is -2.03. The van der Waals surface area contributed by atoms with Crippen molar-refractivity contribution in [2.24, 2.45) is 0 Å². The van der Waals surface area contributed by atoms with Gasteiger partial charge in [0.25, 0.3) is 0 Å². The highest BCUT2D eigenvalue weighted by Gasteiger charge is 2.13. The lowest BCUT2D eigenvalue weighted by Crippen LogP contribution is -2.03. The summed E-state index contributed by atoms with van der Waals surface area (Å²) in [5.41, 5.74) is 1.85. The average molecular weight is 271 g/mol. The molecule has 6 heteroatoms. The van der Waals surface area contributed by atoms with Crippen LogP contribution >= 0.6 is 22.9 Å². The molecular weight excluding hydrogens is 260 g/mol. The number of hydrogen-bond donors (Lipinski definition) is 1. The number of thiophene rings is 1. The van der Waals surface area contributed by atoms with Gasteiger partial charge in [-0.3, -0.25) is 4.68 Å². The van der Waals surface area contributed by atoms with Crippen molar-refractivity contribution in [3.8, 4) is 0 Å². The first-order chi connectivity index (χ1) is 7.99. The Bertz CT molecular complexity index is 574. The Morgan fingerprint density at radius 1 is 1.59 bits per heavy atom. The maximum atomic E-state index is 10.9. The van der Waals surface area contributed by atoms with E-state index in [0.717, 1.165) is 16.1 Å². The summed E-state index contributed by atoms with van der Waals surface area (Å²) in [6.07, 6.45) is 1.59. The van der Waals surface area contributed by atoms with Gasteiger partial charge < -0.3 is 5.11 Å². The summed E-state index contributed by atoms with van der Waals surface area (Å²) in [4.78, 5) is 12.2. The zero-order valence-corrected chi connectivity index (χ0v) is 11.0. The fourth-order valence-corrected chi connectivity index (χ4v) is 2.54. The fraction of sp³-hybridized carbons (Fsp3) is 0.273. The molecule has 0 fully saturated rings. The van der Waals surface area contributed by atoms with Gasteiger partial charge in [0.2, 0.25) is 0 Å². The Morgan fingerprint density at radius 2 is 2.29 bits per heavy atom. The van der Waals surface area contributed by atoms with Crippen LogP contribution in [0.5, 0.6) is 0 Å². The Kier molecular flexibility index (Phi) is 3.22. The molecule has 4 nitrogen and oxygen atoms in total. The normalized spacial score (nSPS) is 10.8. The summed E-state index contributed by atoms with van der Waals surface area (Å²) in [6.45, 7) is 4.34. The number of carboxylic acid groups (broad SMARTS) is 1.